The Morgan fingerprint density at radius 3 is 2.42 bits per heavy atom. The third-order valence-corrected chi connectivity index (χ3v) is 2.71. The van der Waals surface area contributed by atoms with E-state index in [1.54, 1.807) is 0 Å². The molecule has 0 aliphatic heterocycles. The van der Waals surface area contributed by atoms with Gasteiger partial charge in [0, 0.05) is 16.6 Å². The minimum Gasteiger partial charge on any atom is -0.478 e. The van der Waals surface area contributed by atoms with Crippen molar-refractivity contribution in [3.63, 3.8) is 0 Å². The van der Waals surface area contributed by atoms with E-state index in [0.717, 1.165) is 12.1 Å². The summed E-state index contributed by atoms with van der Waals surface area (Å²) < 4.78 is 38.1. The molecule has 0 saturated heterocycles. The maximum absolute atomic E-state index is 12.8. The number of carbonyl (C=O) groups is 1. The van der Waals surface area contributed by atoms with Crippen molar-refractivity contribution in [2.45, 2.75) is 6.18 Å². The molecule has 0 aliphatic carbocycles. The Hall–Kier alpha value is -1.90. The van der Waals surface area contributed by atoms with E-state index in [2.05, 4.69) is 15.9 Å². The number of alkyl halides is 3. The van der Waals surface area contributed by atoms with Gasteiger partial charge in [-0.1, -0.05) is 15.9 Å². The quantitative estimate of drug-likeness (QED) is 0.519. The predicted molar refractivity (Wildman–Crippen MR) is 62.5 cm³/mol. The van der Waals surface area contributed by atoms with Gasteiger partial charge >= 0.3 is 12.1 Å². The first-order valence-corrected chi connectivity index (χ1v) is 5.39. The fourth-order valence-electron chi connectivity index (χ4n) is 1.35. The predicted octanol–water partition coefficient (Wildman–Crippen LogP) is 3.47. The Morgan fingerprint density at radius 2 is 2.00 bits per heavy atom. The van der Waals surface area contributed by atoms with E-state index in [-0.39, 0.29) is 0 Å². The summed E-state index contributed by atoms with van der Waals surface area (Å²) in [5.41, 5.74) is -2.93. The smallest absolute Gasteiger partial charge is 0.418 e. The summed E-state index contributed by atoms with van der Waals surface area (Å²) >= 11 is 2.65. The van der Waals surface area contributed by atoms with E-state index in [9.17, 15) is 28.1 Å². The normalized spacial score (nSPS) is 11.8. The number of carboxylic acids is 1. The van der Waals surface area contributed by atoms with Crippen molar-refractivity contribution in [1.29, 1.82) is 0 Å². The second-order valence-electron chi connectivity index (χ2n) is 3.28. The van der Waals surface area contributed by atoms with Crippen LogP contribution < -0.4 is 0 Å². The van der Waals surface area contributed by atoms with Crippen LogP contribution in [0.25, 0.3) is 6.08 Å². The number of hydrogen-bond acceptors (Lipinski definition) is 3. The third kappa shape index (κ3) is 3.53. The lowest BCUT2D eigenvalue weighted by molar-refractivity contribution is -0.385. The molecule has 0 bridgehead atoms. The summed E-state index contributed by atoms with van der Waals surface area (Å²) in [4.78, 5) is 20.0. The second-order valence-corrected chi connectivity index (χ2v) is 4.14. The lowest BCUT2D eigenvalue weighted by atomic mass is 10.0. The van der Waals surface area contributed by atoms with Gasteiger partial charge in [0.25, 0.3) is 5.69 Å². The van der Waals surface area contributed by atoms with Gasteiger partial charge in [0.15, 0.2) is 0 Å². The first-order chi connectivity index (χ1) is 8.64. The summed E-state index contributed by atoms with van der Waals surface area (Å²) in [6, 6.07) is 1.75. The van der Waals surface area contributed by atoms with Crippen LogP contribution in [0.5, 0.6) is 0 Å². The average Bonchev–Trinajstić information content (AvgIpc) is 2.23. The molecule has 0 fully saturated rings. The SMILES string of the molecule is O=C(O)/C=C/c1c([N+](=O)[O-])ccc(Br)c1C(F)(F)F. The number of halogens is 4. The summed E-state index contributed by atoms with van der Waals surface area (Å²) in [5, 5.41) is 19.1. The molecule has 0 radical (unpaired) electrons. The molecule has 0 atom stereocenters. The first kappa shape index (κ1) is 15.2. The van der Waals surface area contributed by atoms with Gasteiger partial charge in [-0.15, -0.1) is 0 Å². The molecule has 1 aromatic rings. The molecule has 9 heteroatoms. The van der Waals surface area contributed by atoms with Crippen molar-refractivity contribution in [3.8, 4) is 0 Å². The highest BCUT2D eigenvalue weighted by atomic mass is 79.9. The Morgan fingerprint density at radius 1 is 1.42 bits per heavy atom. The molecule has 19 heavy (non-hydrogen) atoms. The van der Waals surface area contributed by atoms with E-state index >= 15 is 0 Å². The molecule has 5 nitrogen and oxygen atoms in total. The zero-order valence-electron chi connectivity index (χ0n) is 8.94. The number of benzene rings is 1. The van der Waals surface area contributed by atoms with Crippen molar-refractivity contribution in [1.82, 2.24) is 0 Å². The fourth-order valence-corrected chi connectivity index (χ4v) is 1.92. The van der Waals surface area contributed by atoms with Gasteiger partial charge in [-0.2, -0.15) is 13.2 Å². The van der Waals surface area contributed by atoms with Crippen LogP contribution in [0.15, 0.2) is 22.7 Å². The molecule has 0 aliphatic rings. The maximum atomic E-state index is 12.8. The highest BCUT2D eigenvalue weighted by Gasteiger charge is 2.38. The van der Waals surface area contributed by atoms with Crippen molar-refractivity contribution >= 4 is 33.7 Å². The summed E-state index contributed by atoms with van der Waals surface area (Å²) in [6.45, 7) is 0. The highest BCUT2D eigenvalue weighted by molar-refractivity contribution is 9.10. The van der Waals surface area contributed by atoms with E-state index in [1.807, 2.05) is 0 Å². The lowest BCUT2D eigenvalue weighted by Crippen LogP contribution is -2.10. The van der Waals surface area contributed by atoms with Crippen molar-refractivity contribution in [2.75, 3.05) is 0 Å². The number of nitro groups is 1. The fraction of sp³-hybridized carbons (Fsp3) is 0.100. The molecule has 1 N–H and O–H groups in total. The zero-order valence-corrected chi connectivity index (χ0v) is 10.5. The van der Waals surface area contributed by atoms with E-state index in [4.69, 9.17) is 5.11 Å². The van der Waals surface area contributed by atoms with Gasteiger partial charge in [0.1, 0.15) is 0 Å². The average molecular weight is 340 g/mol. The molecular formula is C10H5BrF3NO4. The molecule has 0 saturated carbocycles. The van der Waals surface area contributed by atoms with Gasteiger partial charge in [-0.05, 0) is 12.1 Å². The van der Waals surface area contributed by atoms with Crippen LogP contribution in [0.1, 0.15) is 11.1 Å². The summed E-state index contributed by atoms with van der Waals surface area (Å²) in [7, 11) is 0. The minimum absolute atomic E-state index is 0.407. The number of aliphatic carboxylic acids is 1. The molecule has 1 aromatic carbocycles. The Balaban J connectivity index is 3.64. The molecule has 0 amide bonds. The van der Waals surface area contributed by atoms with Crippen LogP contribution in [-0.4, -0.2) is 16.0 Å². The van der Waals surface area contributed by atoms with Gasteiger partial charge in [-0.25, -0.2) is 4.79 Å². The number of hydrogen-bond donors (Lipinski definition) is 1. The van der Waals surface area contributed by atoms with E-state index in [1.165, 1.54) is 0 Å². The number of rotatable bonds is 3. The minimum atomic E-state index is -4.86. The Labute approximate surface area is 112 Å². The van der Waals surface area contributed by atoms with Gasteiger partial charge in [0.05, 0.1) is 16.1 Å². The van der Waals surface area contributed by atoms with Crippen LogP contribution in [0.2, 0.25) is 0 Å². The van der Waals surface area contributed by atoms with Gasteiger partial charge in [-0.3, -0.25) is 10.1 Å². The lowest BCUT2D eigenvalue weighted by Gasteiger charge is -2.12. The zero-order chi connectivity index (χ0) is 14.8. The maximum Gasteiger partial charge on any atom is 0.418 e. The Bertz CT molecular complexity index is 569. The highest BCUT2D eigenvalue weighted by Crippen LogP contribution is 2.41. The van der Waals surface area contributed by atoms with Crippen LogP contribution in [0.3, 0.4) is 0 Å². The van der Waals surface area contributed by atoms with Crippen LogP contribution in [0.4, 0.5) is 18.9 Å². The Kier molecular flexibility index (Phi) is 4.30. The molecule has 0 spiro atoms. The molecule has 102 valence electrons. The van der Waals surface area contributed by atoms with Crippen molar-refractivity contribution in [3.05, 3.63) is 43.9 Å². The first-order valence-electron chi connectivity index (χ1n) is 4.59. The summed E-state index contributed by atoms with van der Waals surface area (Å²) in [6.07, 6.45) is -3.90. The van der Waals surface area contributed by atoms with Crippen LogP contribution in [-0.2, 0) is 11.0 Å². The second kappa shape index (κ2) is 5.39. The topological polar surface area (TPSA) is 80.4 Å². The van der Waals surface area contributed by atoms with Gasteiger partial charge in [0.2, 0.25) is 0 Å². The number of nitro benzene ring substituents is 1. The molecule has 0 aromatic heterocycles. The van der Waals surface area contributed by atoms with E-state index in [0.29, 0.717) is 12.2 Å². The molecule has 1 rings (SSSR count). The summed E-state index contributed by atoms with van der Waals surface area (Å²) in [5.74, 6) is -1.51. The van der Waals surface area contributed by atoms with E-state index < -0.39 is 38.4 Å². The largest absolute Gasteiger partial charge is 0.478 e. The number of nitrogens with zero attached hydrogens (tertiary/aromatic N) is 1. The van der Waals surface area contributed by atoms with Crippen molar-refractivity contribution < 1.29 is 28.0 Å². The molecular weight excluding hydrogens is 335 g/mol. The monoisotopic (exact) mass is 339 g/mol. The molecule has 0 unspecified atom stereocenters. The standard InChI is InChI=1S/C10H5BrF3NO4/c11-6-2-3-7(15(18)19)5(1-4-8(16)17)9(6)10(12,13)14/h1-4H,(H,16,17)/b4-1+. The van der Waals surface area contributed by atoms with Crippen molar-refractivity contribution in [2.24, 2.45) is 0 Å². The van der Waals surface area contributed by atoms with Gasteiger partial charge < -0.3 is 5.11 Å². The third-order valence-electron chi connectivity index (χ3n) is 2.04. The number of carboxylic acid groups (broad SMARTS) is 1. The van der Waals surface area contributed by atoms with Crippen LogP contribution in [0, 0.1) is 10.1 Å². The van der Waals surface area contributed by atoms with Crippen LogP contribution >= 0.6 is 15.9 Å². The molecule has 0 heterocycles.